The van der Waals surface area contributed by atoms with E-state index in [0.29, 0.717) is 5.75 Å². The molecule has 2 aromatic rings. The van der Waals surface area contributed by atoms with Crippen molar-refractivity contribution in [2.45, 2.75) is 20.8 Å². The number of esters is 1. The van der Waals surface area contributed by atoms with E-state index in [1.807, 2.05) is 32.0 Å². The third-order valence-electron chi connectivity index (χ3n) is 3.21. The van der Waals surface area contributed by atoms with Crippen LogP contribution in [0.15, 0.2) is 30.5 Å². The molecule has 0 saturated carbocycles. The van der Waals surface area contributed by atoms with Crippen molar-refractivity contribution in [2.24, 2.45) is 0 Å². The first kappa shape index (κ1) is 14.8. The summed E-state index contributed by atoms with van der Waals surface area (Å²) in [6.07, 6.45) is 1.48. The Labute approximate surface area is 123 Å². The van der Waals surface area contributed by atoms with Gasteiger partial charge in [-0.25, -0.2) is 9.78 Å². The lowest BCUT2D eigenvalue weighted by atomic mass is 10.1. The number of rotatable bonds is 4. The van der Waals surface area contributed by atoms with E-state index >= 15 is 0 Å². The first-order valence-electron chi connectivity index (χ1n) is 6.70. The number of aromatic nitrogens is 1. The van der Waals surface area contributed by atoms with Crippen LogP contribution in [0, 0.1) is 13.8 Å². The zero-order valence-electron chi connectivity index (χ0n) is 12.3. The third kappa shape index (κ3) is 3.13. The van der Waals surface area contributed by atoms with Crippen LogP contribution in [0.25, 0.3) is 0 Å². The number of aryl methyl sites for hydroxylation is 1. The van der Waals surface area contributed by atoms with Crippen LogP contribution in [-0.2, 0) is 4.74 Å². The Kier molecular flexibility index (Phi) is 4.42. The molecular weight excluding hydrogens is 268 g/mol. The Morgan fingerprint density at radius 3 is 2.76 bits per heavy atom. The Hall–Kier alpha value is -2.56. The molecule has 0 saturated heterocycles. The number of benzene rings is 1. The molecule has 5 heteroatoms. The molecule has 0 aliphatic carbocycles. The van der Waals surface area contributed by atoms with E-state index in [9.17, 15) is 4.79 Å². The molecule has 0 fully saturated rings. The normalized spacial score (nSPS) is 10.2. The number of nitrogens with zero attached hydrogens (tertiary/aromatic N) is 1. The molecule has 1 aromatic carbocycles. The highest BCUT2D eigenvalue weighted by molar-refractivity contribution is 5.96. The van der Waals surface area contributed by atoms with Gasteiger partial charge < -0.3 is 15.2 Å². The number of pyridine rings is 1. The molecule has 0 amide bonds. The maximum atomic E-state index is 11.8. The second-order valence-corrected chi connectivity index (χ2v) is 4.60. The first-order chi connectivity index (χ1) is 10.0. The van der Waals surface area contributed by atoms with Gasteiger partial charge in [-0.2, -0.15) is 0 Å². The van der Waals surface area contributed by atoms with E-state index in [1.54, 1.807) is 6.92 Å². The minimum absolute atomic E-state index is 0.178. The number of hydrogen-bond acceptors (Lipinski definition) is 5. The van der Waals surface area contributed by atoms with Crippen LogP contribution in [0.3, 0.4) is 0 Å². The Morgan fingerprint density at radius 2 is 2.05 bits per heavy atom. The zero-order valence-corrected chi connectivity index (χ0v) is 12.3. The van der Waals surface area contributed by atoms with E-state index in [1.165, 1.54) is 12.3 Å². The van der Waals surface area contributed by atoms with Gasteiger partial charge in [-0.15, -0.1) is 0 Å². The number of ether oxygens (including phenoxy) is 2. The van der Waals surface area contributed by atoms with Crippen molar-refractivity contribution in [2.75, 3.05) is 12.3 Å². The van der Waals surface area contributed by atoms with Gasteiger partial charge in [-0.1, -0.05) is 12.1 Å². The average molecular weight is 286 g/mol. The zero-order chi connectivity index (χ0) is 15.4. The van der Waals surface area contributed by atoms with Crippen molar-refractivity contribution >= 4 is 11.7 Å². The number of nitrogens with two attached hydrogens (primary N) is 1. The molecule has 2 N–H and O–H groups in total. The molecule has 2 rings (SSSR count). The summed E-state index contributed by atoms with van der Waals surface area (Å²) in [5, 5.41) is 0. The van der Waals surface area contributed by atoms with Gasteiger partial charge in [0.25, 0.3) is 0 Å². The quantitative estimate of drug-likeness (QED) is 0.873. The molecule has 1 heterocycles. The predicted octanol–water partition coefficient (Wildman–Crippen LogP) is 3.25. The molecule has 110 valence electrons. The van der Waals surface area contributed by atoms with Gasteiger partial charge in [0.1, 0.15) is 11.4 Å². The molecule has 21 heavy (non-hydrogen) atoms. The smallest absolute Gasteiger partial charge is 0.340 e. The summed E-state index contributed by atoms with van der Waals surface area (Å²) < 4.78 is 10.7. The molecule has 0 bridgehead atoms. The fourth-order valence-electron chi connectivity index (χ4n) is 1.86. The summed E-state index contributed by atoms with van der Waals surface area (Å²) in [5.74, 6) is 0.382. The molecule has 0 aliphatic heterocycles. The van der Waals surface area contributed by atoms with Crippen LogP contribution in [0.4, 0.5) is 5.69 Å². The van der Waals surface area contributed by atoms with Crippen molar-refractivity contribution in [1.82, 2.24) is 4.98 Å². The molecule has 0 spiro atoms. The Bertz CT molecular complexity index is 669. The summed E-state index contributed by atoms with van der Waals surface area (Å²) in [6, 6.07) is 7.24. The number of anilines is 1. The van der Waals surface area contributed by atoms with Crippen molar-refractivity contribution < 1.29 is 14.3 Å². The lowest BCUT2D eigenvalue weighted by molar-refractivity contribution is 0.0527. The van der Waals surface area contributed by atoms with Gasteiger partial charge in [0.2, 0.25) is 5.88 Å². The van der Waals surface area contributed by atoms with Gasteiger partial charge >= 0.3 is 5.97 Å². The van der Waals surface area contributed by atoms with Crippen LogP contribution >= 0.6 is 0 Å². The number of nitrogen functional groups attached to an aromatic ring is 1. The van der Waals surface area contributed by atoms with Gasteiger partial charge in [0, 0.05) is 6.20 Å². The Morgan fingerprint density at radius 1 is 1.29 bits per heavy atom. The monoisotopic (exact) mass is 286 g/mol. The van der Waals surface area contributed by atoms with Gasteiger partial charge in [-0.05, 0) is 44.0 Å². The molecular formula is C16H18N2O3. The van der Waals surface area contributed by atoms with E-state index in [-0.39, 0.29) is 23.7 Å². The SMILES string of the molecule is CCOC(=O)c1ccnc(Oc2cccc(C)c2C)c1N. The second-order valence-electron chi connectivity index (χ2n) is 4.60. The molecule has 0 unspecified atom stereocenters. The highest BCUT2D eigenvalue weighted by Crippen LogP contribution is 2.30. The highest BCUT2D eigenvalue weighted by atomic mass is 16.5. The molecule has 5 nitrogen and oxygen atoms in total. The summed E-state index contributed by atoms with van der Waals surface area (Å²) in [5.41, 5.74) is 8.50. The third-order valence-corrected chi connectivity index (χ3v) is 3.21. The average Bonchev–Trinajstić information content (AvgIpc) is 2.46. The van der Waals surface area contributed by atoms with Crippen LogP contribution in [-0.4, -0.2) is 17.6 Å². The topological polar surface area (TPSA) is 74.4 Å². The van der Waals surface area contributed by atoms with Gasteiger partial charge in [0.05, 0.1) is 12.2 Å². The lowest BCUT2D eigenvalue weighted by Gasteiger charge is -2.12. The minimum Gasteiger partial charge on any atom is -0.462 e. The molecule has 0 aliphatic rings. The van der Waals surface area contributed by atoms with Crippen molar-refractivity contribution in [3.63, 3.8) is 0 Å². The van der Waals surface area contributed by atoms with E-state index in [4.69, 9.17) is 15.2 Å². The summed E-state index contributed by atoms with van der Waals surface area (Å²) in [6.45, 7) is 5.97. The highest BCUT2D eigenvalue weighted by Gasteiger charge is 2.16. The fourth-order valence-corrected chi connectivity index (χ4v) is 1.86. The molecule has 1 aromatic heterocycles. The largest absolute Gasteiger partial charge is 0.462 e. The van der Waals surface area contributed by atoms with Crippen LogP contribution < -0.4 is 10.5 Å². The summed E-state index contributed by atoms with van der Waals surface area (Å²) in [7, 11) is 0. The molecule has 0 radical (unpaired) electrons. The second kappa shape index (κ2) is 6.26. The predicted molar refractivity (Wildman–Crippen MR) is 80.6 cm³/mol. The van der Waals surface area contributed by atoms with Crippen molar-refractivity contribution in [3.05, 3.63) is 47.2 Å². The van der Waals surface area contributed by atoms with Crippen LogP contribution in [0.1, 0.15) is 28.4 Å². The maximum absolute atomic E-state index is 11.8. The van der Waals surface area contributed by atoms with Gasteiger partial charge in [0.15, 0.2) is 0 Å². The number of hydrogen-bond donors (Lipinski definition) is 1. The summed E-state index contributed by atoms with van der Waals surface area (Å²) in [4.78, 5) is 15.9. The molecule has 0 atom stereocenters. The van der Waals surface area contributed by atoms with Crippen LogP contribution in [0.2, 0.25) is 0 Å². The fraction of sp³-hybridized carbons (Fsp3) is 0.250. The van der Waals surface area contributed by atoms with Crippen molar-refractivity contribution in [3.8, 4) is 11.6 Å². The first-order valence-corrected chi connectivity index (χ1v) is 6.70. The van der Waals surface area contributed by atoms with E-state index in [0.717, 1.165) is 11.1 Å². The maximum Gasteiger partial charge on any atom is 0.340 e. The standard InChI is InChI=1S/C16H18N2O3/c1-4-20-16(19)12-8-9-18-15(14(12)17)21-13-7-5-6-10(2)11(13)3/h5-9H,4,17H2,1-3H3. The van der Waals surface area contributed by atoms with E-state index < -0.39 is 5.97 Å². The number of carbonyl (C=O) groups excluding carboxylic acids is 1. The van der Waals surface area contributed by atoms with Gasteiger partial charge in [-0.3, -0.25) is 0 Å². The Balaban J connectivity index is 2.35. The van der Waals surface area contributed by atoms with Crippen LogP contribution in [0.5, 0.6) is 11.6 Å². The van der Waals surface area contributed by atoms with E-state index in [2.05, 4.69) is 4.98 Å². The summed E-state index contributed by atoms with van der Waals surface area (Å²) >= 11 is 0. The van der Waals surface area contributed by atoms with Crippen molar-refractivity contribution in [1.29, 1.82) is 0 Å². The number of carbonyl (C=O) groups is 1. The lowest BCUT2D eigenvalue weighted by Crippen LogP contribution is -2.09. The minimum atomic E-state index is -0.483.